The zero-order valence-corrected chi connectivity index (χ0v) is 10.3. The van der Waals surface area contributed by atoms with E-state index < -0.39 is 0 Å². The Labute approximate surface area is 85.4 Å². The molecule has 0 aromatic carbocycles. The lowest BCUT2D eigenvalue weighted by molar-refractivity contribution is 0.685. The van der Waals surface area contributed by atoms with Gasteiger partial charge in [0.25, 0.3) is 0 Å². The lowest BCUT2D eigenvalue weighted by Crippen LogP contribution is -1.83. The molecule has 0 N–H and O–H groups in total. The maximum atomic E-state index is 2.34. The standard InChI is InChI=1S/C8H14.C3H8.C2H6/c1-2-5-8-6-3-4-7-8;1-3-2;1-2/h2,5,8H,3-4,6-7H2,1H3;3H2,1-2H3;1-2H3/b5-2+;;. The Morgan fingerprint density at radius 2 is 1.46 bits per heavy atom. The van der Waals surface area contributed by atoms with E-state index in [1.807, 2.05) is 13.8 Å². The fraction of sp³-hybridized carbons (Fsp3) is 0.846. The van der Waals surface area contributed by atoms with Gasteiger partial charge in [-0.05, 0) is 25.7 Å². The van der Waals surface area contributed by atoms with Gasteiger partial charge in [0.2, 0.25) is 0 Å². The Kier molecular flexibility index (Phi) is 16.7. The maximum Gasteiger partial charge on any atom is -0.0234 e. The Balaban J connectivity index is 0. The summed E-state index contributed by atoms with van der Waals surface area (Å²) in [4.78, 5) is 0. The normalized spacial score (nSPS) is 16.1. The van der Waals surface area contributed by atoms with Crippen LogP contribution in [0.2, 0.25) is 0 Å². The molecule has 1 rings (SSSR count). The van der Waals surface area contributed by atoms with Crippen LogP contribution < -0.4 is 0 Å². The number of hydrogen-bond donors (Lipinski definition) is 0. The molecule has 0 aromatic heterocycles. The minimum atomic E-state index is 0.931. The number of allylic oxidation sites excluding steroid dienone is 2. The van der Waals surface area contributed by atoms with Gasteiger partial charge in [0.15, 0.2) is 0 Å². The summed E-state index contributed by atoms with van der Waals surface area (Å²) in [5.74, 6) is 0.931. The third-order valence-corrected chi connectivity index (χ3v) is 1.86. The van der Waals surface area contributed by atoms with Crippen molar-refractivity contribution in [2.75, 3.05) is 0 Å². The SMILES string of the molecule is C/C=C/C1CCCC1.CC.CCC. The van der Waals surface area contributed by atoms with Gasteiger partial charge in [-0.1, -0.05) is 59.1 Å². The quantitative estimate of drug-likeness (QED) is 0.492. The zero-order chi connectivity index (χ0) is 10.5. The van der Waals surface area contributed by atoms with Gasteiger partial charge in [0.05, 0.1) is 0 Å². The second-order valence-electron chi connectivity index (χ2n) is 3.28. The molecule has 0 unspecified atom stereocenters. The Hall–Kier alpha value is -0.260. The zero-order valence-electron chi connectivity index (χ0n) is 10.3. The minimum absolute atomic E-state index is 0.931. The van der Waals surface area contributed by atoms with Crippen LogP contribution in [0.15, 0.2) is 12.2 Å². The maximum absolute atomic E-state index is 2.34. The predicted octanol–water partition coefficient (Wildman–Crippen LogP) is 5.20. The summed E-state index contributed by atoms with van der Waals surface area (Å²) in [6.45, 7) is 10.4. The topological polar surface area (TPSA) is 0 Å². The molecular formula is C13H28. The molecular weight excluding hydrogens is 156 g/mol. The van der Waals surface area contributed by atoms with E-state index in [4.69, 9.17) is 0 Å². The van der Waals surface area contributed by atoms with Crippen molar-refractivity contribution in [2.45, 2.75) is 66.7 Å². The summed E-state index contributed by atoms with van der Waals surface area (Å²) in [5.41, 5.74) is 0. The van der Waals surface area contributed by atoms with Crippen LogP contribution in [0, 0.1) is 5.92 Å². The lowest BCUT2D eigenvalue weighted by atomic mass is 10.1. The van der Waals surface area contributed by atoms with E-state index >= 15 is 0 Å². The molecule has 0 atom stereocenters. The average molecular weight is 184 g/mol. The van der Waals surface area contributed by atoms with Crippen LogP contribution in [0.1, 0.15) is 66.7 Å². The van der Waals surface area contributed by atoms with Crippen LogP contribution in [-0.2, 0) is 0 Å². The molecule has 80 valence electrons. The van der Waals surface area contributed by atoms with Crippen LogP contribution in [-0.4, -0.2) is 0 Å². The van der Waals surface area contributed by atoms with Gasteiger partial charge in [-0.3, -0.25) is 0 Å². The van der Waals surface area contributed by atoms with Crippen molar-refractivity contribution in [3.8, 4) is 0 Å². The monoisotopic (exact) mass is 184 g/mol. The first-order valence-corrected chi connectivity index (χ1v) is 5.97. The van der Waals surface area contributed by atoms with Crippen LogP contribution in [0.4, 0.5) is 0 Å². The highest BCUT2D eigenvalue weighted by molar-refractivity contribution is 4.87. The van der Waals surface area contributed by atoms with Crippen molar-refractivity contribution in [1.82, 2.24) is 0 Å². The first kappa shape index (κ1) is 15.2. The van der Waals surface area contributed by atoms with E-state index in [0.29, 0.717) is 0 Å². The smallest absolute Gasteiger partial charge is 0.0234 e. The molecule has 0 aliphatic heterocycles. The Morgan fingerprint density at radius 1 is 1.08 bits per heavy atom. The molecule has 0 spiro atoms. The first-order valence-electron chi connectivity index (χ1n) is 5.97. The summed E-state index contributed by atoms with van der Waals surface area (Å²) >= 11 is 0. The molecule has 0 heterocycles. The lowest BCUT2D eigenvalue weighted by Gasteiger charge is -1.96. The molecule has 1 saturated carbocycles. The largest absolute Gasteiger partial charge is 0.0914 e. The van der Waals surface area contributed by atoms with Gasteiger partial charge >= 0.3 is 0 Å². The summed E-state index contributed by atoms with van der Waals surface area (Å²) in [6, 6.07) is 0. The average Bonchev–Trinajstić information content (AvgIpc) is 2.63. The van der Waals surface area contributed by atoms with E-state index in [9.17, 15) is 0 Å². The summed E-state index contributed by atoms with van der Waals surface area (Å²) < 4.78 is 0. The molecule has 0 nitrogen and oxygen atoms in total. The van der Waals surface area contributed by atoms with Gasteiger partial charge in [0.1, 0.15) is 0 Å². The van der Waals surface area contributed by atoms with Gasteiger partial charge in [-0.2, -0.15) is 0 Å². The molecule has 0 aromatic rings. The fourth-order valence-electron chi connectivity index (χ4n) is 1.42. The highest BCUT2D eigenvalue weighted by Gasteiger charge is 2.09. The molecule has 1 aliphatic rings. The summed E-state index contributed by atoms with van der Waals surface area (Å²) in [5, 5.41) is 0. The second kappa shape index (κ2) is 14.3. The summed E-state index contributed by atoms with van der Waals surface area (Å²) in [7, 11) is 0. The number of rotatable bonds is 1. The molecule has 1 fully saturated rings. The van der Waals surface area contributed by atoms with Gasteiger partial charge in [-0.15, -0.1) is 0 Å². The van der Waals surface area contributed by atoms with Crippen molar-refractivity contribution in [2.24, 2.45) is 5.92 Å². The fourth-order valence-corrected chi connectivity index (χ4v) is 1.42. The molecule has 0 bridgehead atoms. The molecule has 0 saturated heterocycles. The van der Waals surface area contributed by atoms with Crippen molar-refractivity contribution in [3.63, 3.8) is 0 Å². The molecule has 1 aliphatic carbocycles. The van der Waals surface area contributed by atoms with E-state index in [1.165, 1.54) is 32.1 Å². The first-order chi connectivity index (χ1) is 6.35. The Bertz CT molecular complexity index is 86.2. The van der Waals surface area contributed by atoms with E-state index in [2.05, 4.69) is 32.9 Å². The molecule has 0 heteroatoms. The number of hydrogen-bond acceptors (Lipinski definition) is 0. The van der Waals surface area contributed by atoms with Gasteiger partial charge < -0.3 is 0 Å². The predicted molar refractivity (Wildman–Crippen MR) is 64.1 cm³/mol. The second-order valence-corrected chi connectivity index (χ2v) is 3.28. The highest BCUT2D eigenvalue weighted by atomic mass is 14.2. The highest BCUT2D eigenvalue weighted by Crippen LogP contribution is 2.25. The third kappa shape index (κ3) is 11.7. The van der Waals surface area contributed by atoms with Gasteiger partial charge in [-0.25, -0.2) is 0 Å². The third-order valence-electron chi connectivity index (χ3n) is 1.86. The van der Waals surface area contributed by atoms with Crippen molar-refractivity contribution in [1.29, 1.82) is 0 Å². The van der Waals surface area contributed by atoms with E-state index in [1.54, 1.807) is 0 Å². The summed E-state index contributed by atoms with van der Waals surface area (Å²) in [6.07, 6.45) is 11.5. The molecule has 13 heavy (non-hydrogen) atoms. The van der Waals surface area contributed by atoms with Crippen molar-refractivity contribution < 1.29 is 0 Å². The molecule has 0 radical (unpaired) electrons. The van der Waals surface area contributed by atoms with E-state index in [-0.39, 0.29) is 0 Å². The van der Waals surface area contributed by atoms with Crippen molar-refractivity contribution >= 4 is 0 Å². The Morgan fingerprint density at radius 3 is 1.77 bits per heavy atom. The molecule has 0 amide bonds. The van der Waals surface area contributed by atoms with Crippen LogP contribution in [0.25, 0.3) is 0 Å². The van der Waals surface area contributed by atoms with Crippen LogP contribution >= 0.6 is 0 Å². The van der Waals surface area contributed by atoms with Gasteiger partial charge in [0, 0.05) is 0 Å². The van der Waals surface area contributed by atoms with Crippen LogP contribution in [0.3, 0.4) is 0 Å². The minimum Gasteiger partial charge on any atom is -0.0914 e. The van der Waals surface area contributed by atoms with Crippen LogP contribution in [0.5, 0.6) is 0 Å². The van der Waals surface area contributed by atoms with E-state index in [0.717, 1.165) is 5.92 Å². The van der Waals surface area contributed by atoms with Crippen molar-refractivity contribution in [3.05, 3.63) is 12.2 Å².